The van der Waals surface area contributed by atoms with E-state index in [1.54, 1.807) is 12.1 Å². The first-order chi connectivity index (χ1) is 9.97. The minimum Gasteiger partial charge on any atom is -0.478 e. The molecule has 0 amide bonds. The second-order valence-electron chi connectivity index (χ2n) is 4.52. The summed E-state index contributed by atoms with van der Waals surface area (Å²) in [6.07, 6.45) is 1.34. The minimum absolute atomic E-state index is 0.0508. The van der Waals surface area contributed by atoms with E-state index in [1.807, 2.05) is 0 Å². The normalized spacial score (nSPS) is 11.0. The van der Waals surface area contributed by atoms with E-state index in [4.69, 9.17) is 5.11 Å². The van der Waals surface area contributed by atoms with Gasteiger partial charge in [-0.2, -0.15) is 0 Å². The Morgan fingerprint density at radius 2 is 1.67 bits per heavy atom. The lowest BCUT2D eigenvalue weighted by atomic mass is 10.0. The molecule has 0 radical (unpaired) electrons. The predicted octanol–water partition coefficient (Wildman–Crippen LogP) is 3.95. The monoisotopic (exact) mass is 291 g/mol. The molecule has 2 aromatic carbocycles. The highest BCUT2D eigenvalue weighted by Gasteiger charge is 2.14. The van der Waals surface area contributed by atoms with Crippen LogP contribution in [-0.4, -0.2) is 16.1 Å². The van der Waals surface area contributed by atoms with Crippen LogP contribution in [0.4, 0.5) is 13.2 Å². The molecular weight excluding hydrogens is 283 g/mol. The Kier molecular flexibility index (Phi) is 2.94. The number of halogens is 3. The molecular formula is C15H8F3NO2. The van der Waals surface area contributed by atoms with Crippen molar-refractivity contribution in [3.05, 3.63) is 59.5 Å². The maximum absolute atomic E-state index is 13.3. The highest BCUT2D eigenvalue weighted by atomic mass is 19.2. The fourth-order valence-electron chi connectivity index (χ4n) is 2.20. The summed E-state index contributed by atoms with van der Waals surface area (Å²) in [7, 11) is 0. The Balaban J connectivity index is 2.21. The molecule has 1 heterocycles. The fraction of sp³-hybridized carbons (Fsp3) is 0. The van der Waals surface area contributed by atoms with Crippen molar-refractivity contribution >= 4 is 16.9 Å². The van der Waals surface area contributed by atoms with E-state index in [0.29, 0.717) is 16.5 Å². The SMILES string of the molecule is O=C(O)c1c[nH]c2ccc(-c3cc(F)c(F)c(F)c3)cc12. The van der Waals surface area contributed by atoms with Gasteiger partial charge in [-0.15, -0.1) is 0 Å². The van der Waals surface area contributed by atoms with E-state index in [2.05, 4.69) is 4.98 Å². The van der Waals surface area contributed by atoms with Crippen molar-refractivity contribution in [3.63, 3.8) is 0 Å². The molecule has 106 valence electrons. The zero-order chi connectivity index (χ0) is 15.1. The van der Waals surface area contributed by atoms with Crippen LogP contribution in [0.15, 0.2) is 36.5 Å². The van der Waals surface area contributed by atoms with Gasteiger partial charge in [-0.3, -0.25) is 0 Å². The first-order valence-corrected chi connectivity index (χ1v) is 5.96. The third kappa shape index (κ3) is 2.14. The van der Waals surface area contributed by atoms with Crippen LogP contribution in [0.5, 0.6) is 0 Å². The lowest BCUT2D eigenvalue weighted by Gasteiger charge is -2.04. The van der Waals surface area contributed by atoms with Crippen LogP contribution in [0, 0.1) is 17.5 Å². The standard InChI is InChI=1S/C15H8F3NO2/c16-11-4-8(5-12(17)14(11)18)7-1-2-13-9(3-7)10(6-19-13)15(20)21/h1-6,19H,(H,20,21). The van der Waals surface area contributed by atoms with E-state index in [0.717, 1.165) is 12.1 Å². The van der Waals surface area contributed by atoms with Gasteiger partial charge >= 0.3 is 5.97 Å². The van der Waals surface area contributed by atoms with Crippen LogP contribution in [-0.2, 0) is 0 Å². The Labute approximate surface area is 116 Å². The van der Waals surface area contributed by atoms with E-state index in [9.17, 15) is 18.0 Å². The molecule has 0 saturated carbocycles. The molecule has 0 aliphatic rings. The molecule has 2 N–H and O–H groups in total. The highest BCUT2D eigenvalue weighted by molar-refractivity contribution is 6.04. The molecule has 0 saturated heterocycles. The van der Waals surface area contributed by atoms with Gasteiger partial charge in [0.05, 0.1) is 5.56 Å². The smallest absolute Gasteiger partial charge is 0.337 e. The summed E-state index contributed by atoms with van der Waals surface area (Å²) < 4.78 is 39.5. The molecule has 21 heavy (non-hydrogen) atoms. The van der Waals surface area contributed by atoms with Gasteiger partial charge in [-0.25, -0.2) is 18.0 Å². The first-order valence-electron chi connectivity index (χ1n) is 5.96. The Morgan fingerprint density at radius 3 is 2.29 bits per heavy atom. The van der Waals surface area contributed by atoms with Crippen molar-refractivity contribution in [2.24, 2.45) is 0 Å². The van der Waals surface area contributed by atoms with Crippen molar-refractivity contribution in [1.82, 2.24) is 4.98 Å². The fourth-order valence-corrected chi connectivity index (χ4v) is 2.20. The van der Waals surface area contributed by atoms with Crippen LogP contribution in [0.3, 0.4) is 0 Å². The van der Waals surface area contributed by atoms with Crippen LogP contribution < -0.4 is 0 Å². The number of carbonyl (C=O) groups is 1. The van der Waals surface area contributed by atoms with Crippen LogP contribution in [0.25, 0.3) is 22.0 Å². The molecule has 0 aliphatic heterocycles. The third-order valence-corrected chi connectivity index (χ3v) is 3.23. The van der Waals surface area contributed by atoms with Crippen LogP contribution in [0.1, 0.15) is 10.4 Å². The largest absolute Gasteiger partial charge is 0.478 e. The third-order valence-electron chi connectivity index (χ3n) is 3.23. The number of carboxylic acids is 1. The highest BCUT2D eigenvalue weighted by Crippen LogP contribution is 2.28. The molecule has 0 unspecified atom stereocenters. The van der Waals surface area contributed by atoms with Crippen LogP contribution in [0.2, 0.25) is 0 Å². The molecule has 0 bridgehead atoms. The van der Waals surface area contributed by atoms with Gasteiger partial charge in [-0.05, 0) is 35.4 Å². The first kappa shape index (κ1) is 13.2. The number of hydrogen-bond donors (Lipinski definition) is 2. The number of H-pyrrole nitrogens is 1. The Bertz CT molecular complexity index is 847. The van der Waals surface area contributed by atoms with E-state index >= 15 is 0 Å². The molecule has 0 aliphatic carbocycles. The quantitative estimate of drug-likeness (QED) is 0.702. The second kappa shape index (κ2) is 4.66. The summed E-state index contributed by atoms with van der Waals surface area (Å²) in [5.41, 5.74) is 1.15. The van der Waals surface area contributed by atoms with Crippen molar-refractivity contribution in [1.29, 1.82) is 0 Å². The van der Waals surface area contributed by atoms with Gasteiger partial charge in [-0.1, -0.05) is 6.07 Å². The molecule has 0 atom stereocenters. The van der Waals surface area contributed by atoms with Crippen molar-refractivity contribution in [3.8, 4) is 11.1 Å². The summed E-state index contributed by atoms with van der Waals surface area (Å²) in [5.74, 6) is -5.24. The lowest BCUT2D eigenvalue weighted by molar-refractivity contribution is 0.0699. The average Bonchev–Trinajstić information content (AvgIpc) is 2.87. The number of nitrogens with one attached hydrogen (secondary N) is 1. The van der Waals surface area contributed by atoms with Gasteiger partial charge in [0.1, 0.15) is 0 Å². The number of hydrogen-bond acceptors (Lipinski definition) is 1. The molecule has 1 aromatic heterocycles. The molecule has 6 heteroatoms. The minimum atomic E-state index is -1.53. The lowest BCUT2D eigenvalue weighted by Crippen LogP contribution is -1.94. The molecule has 3 rings (SSSR count). The average molecular weight is 291 g/mol. The maximum Gasteiger partial charge on any atom is 0.337 e. The van der Waals surface area contributed by atoms with Gasteiger partial charge in [0.15, 0.2) is 17.5 Å². The Hall–Kier alpha value is -2.76. The number of carboxylic acid groups (broad SMARTS) is 1. The maximum atomic E-state index is 13.3. The molecule has 0 fully saturated rings. The zero-order valence-corrected chi connectivity index (χ0v) is 10.5. The number of aromatic carboxylic acids is 1. The Morgan fingerprint density at radius 1 is 1.00 bits per heavy atom. The van der Waals surface area contributed by atoms with Gasteiger partial charge in [0.2, 0.25) is 0 Å². The number of rotatable bonds is 2. The number of aromatic nitrogens is 1. The van der Waals surface area contributed by atoms with Gasteiger partial charge in [0, 0.05) is 17.1 Å². The topological polar surface area (TPSA) is 53.1 Å². The molecule has 3 aromatic rings. The van der Waals surface area contributed by atoms with Gasteiger partial charge in [0.25, 0.3) is 0 Å². The molecule has 3 nitrogen and oxygen atoms in total. The summed E-state index contributed by atoms with van der Waals surface area (Å²) >= 11 is 0. The molecule has 0 spiro atoms. The van der Waals surface area contributed by atoms with E-state index < -0.39 is 23.4 Å². The van der Waals surface area contributed by atoms with E-state index in [-0.39, 0.29) is 11.1 Å². The van der Waals surface area contributed by atoms with Crippen molar-refractivity contribution in [2.45, 2.75) is 0 Å². The predicted molar refractivity (Wildman–Crippen MR) is 70.6 cm³/mol. The van der Waals surface area contributed by atoms with Gasteiger partial charge < -0.3 is 10.1 Å². The summed E-state index contributed by atoms with van der Waals surface area (Å²) in [6.45, 7) is 0. The van der Waals surface area contributed by atoms with Crippen molar-refractivity contribution < 1.29 is 23.1 Å². The second-order valence-corrected chi connectivity index (χ2v) is 4.52. The van der Waals surface area contributed by atoms with E-state index in [1.165, 1.54) is 12.3 Å². The van der Waals surface area contributed by atoms with Crippen molar-refractivity contribution in [2.75, 3.05) is 0 Å². The zero-order valence-electron chi connectivity index (χ0n) is 10.5. The summed E-state index contributed by atoms with van der Waals surface area (Å²) in [4.78, 5) is 13.9. The van der Waals surface area contributed by atoms with Crippen LogP contribution >= 0.6 is 0 Å². The number of benzene rings is 2. The number of aromatic amines is 1. The number of fused-ring (bicyclic) bond motifs is 1. The summed E-state index contributed by atoms with van der Waals surface area (Å²) in [5, 5.41) is 9.48. The summed E-state index contributed by atoms with van der Waals surface area (Å²) in [6, 6.07) is 6.38.